The maximum Gasteiger partial charge on any atom is 0.244 e. The summed E-state index contributed by atoms with van der Waals surface area (Å²) in [7, 11) is 1.84. The summed E-state index contributed by atoms with van der Waals surface area (Å²) in [5.74, 6) is 0.928. The molecule has 3 rings (SSSR count). The number of nitrogens with zero attached hydrogens (tertiary/aromatic N) is 2. The molecule has 0 radical (unpaired) electrons. The van der Waals surface area contributed by atoms with Gasteiger partial charge in [0, 0.05) is 19.0 Å². The van der Waals surface area contributed by atoms with Crippen LogP contribution in [0, 0.1) is 6.92 Å². The summed E-state index contributed by atoms with van der Waals surface area (Å²) >= 11 is 0. The first-order valence-corrected chi connectivity index (χ1v) is 6.53. The number of aromatic nitrogens is 1. The number of fused-ring (bicyclic) bond motifs is 1. The lowest BCUT2D eigenvalue weighted by Gasteiger charge is -2.14. The van der Waals surface area contributed by atoms with Crippen LogP contribution in [0.1, 0.15) is 12.0 Å². The van der Waals surface area contributed by atoms with Crippen molar-refractivity contribution in [1.29, 1.82) is 0 Å². The van der Waals surface area contributed by atoms with Crippen LogP contribution in [-0.2, 0) is 4.79 Å². The second-order valence-corrected chi connectivity index (χ2v) is 5.09. The van der Waals surface area contributed by atoms with E-state index < -0.39 is 0 Å². The average molecular weight is 255 g/mol. The van der Waals surface area contributed by atoms with E-state index >= 15 is 0 Å². The number of rotatable bonds is 2. The van der Waals surface area contributed by atoms with Crippen LogP contribution < -0.4 is 5.32 Å². The van der Waals surface area contributed by atoms with Gasteiger partial charge in [-0.2, -0.15) is 0 Å². The number of carbonyl (C=O) groups is 1. The highest BCUT2D eigenvalue weighted by Crippen LogP contribution is 2.21. The number of benzene rings is 1. The standard InChI is InChI=1S/C15H17N3O/c1-10-9-14(16-12-6-4-3-5-11(10)12)17-13-7-8-18(2)15(13)19/h3-6,9,13H,7-8H2,1-2H3,(H,16,17). The lowest BCUT2D eigenvalue weighted by atomic mass is 10.1. The fourth-order valence-corrected chi connectivity index (χ4v) is 2.56. The highest BCUT2D eigenvalue weighted by molar-refractivity contribution is 5.88. The largest absolute Gasteiger partial charge is 0.358 e. The van der Waals surface area contributed by atoms with Crippen LogP contribution in [0.4, 0.5) is 5.82 Å². The van der Waals surface area contributed by atoms with Gasteiger partial charge in [-0.3, -0.25) is 4.79 Å². The molecule has 1 N–H and O–H groups in total. The molecule has 1 amide bonds. The van der Waals surface area contributed by atoms with Gasteiger partial charge in [0.25, 0.3) is 0 Å². The molecule has 1 saturated heterocycles. The molecule has 0 aliphatic carbocycles. The number of nitrogens with one attached hydrogen (secondary N) is 1. The topological polar surface area (TPSA) is 45.2 Å². The van der Waals surface area contributed by atoms with Gasteiger partial charge in [0.05, 0.1) is 5.52 Å². The van der Waals surface area contributed by atoms with Crippen molar-refractivity contribution in [2.75, 3.05) is 18.9 Å². The number of hydrogen-bond donors (Lipinski definition) is 1. The maximum absolute atomic E-state index is 11.9. The summed E-state index contributed by atoms with van der Waals surface area (Å²) < 4.78 is 0. The van der Waals surface area contributed by atoms with Crippen molar-refractivity contribution in [3.8, 4) is 0 Å². The zero-order valence-corrected chi connectivity index (χ0v) is 11.2. The molecular weight excluding hydrogens is 238 g/mol. The first-order chi connectivity index (χ1) is 9.15. The van der Waals surface area contributed by atoms with Gasteiger partial charge < -0.3 is 10.2 Å². The molecule has 4 heteroatoms. The van der Waals surface area contributed by atoms with E-state index in [4.69, 9.17) is 0 Å². The Morgan fingerprint density at radius 1 is 1.37 bits per heavy atom. The van der Waals surface area contributed by atoms with Crippen molar-refractivity contribution < 1.29 is 4.79 Å². The number of carbonyl (C=O) groups excluding carboxylic acids is 1. The van der Waals surface area contributed by atoms with Gasteiger partial charge in [-0.25, -0.2) is 4.98 Å². The van der Waals surface area contributed by atoms with Gasteiger partial charge in [0.2, 0.25) is 5.91 Å². The minimum atomic E-state index is -0.141. The summed E-state index contributed by atoms with van der Waals surface area (Å²) in [5, 5.41) is 4.41. The van der Waals surface area contributed by atoms with Crippen molar-refractivity contribution in [3.63, 3.8) is 0 Å². The van der Waals surface area contributed by atoms with E-state index in [0.717, 1.165) is 29.7 Å². The molecule has 2 aromatic rings. The number of para-hydroxylation sites is 1. The van der Waals surface area contributed by atoms with Crippen molar-refractivity contribution in [3.05, 3.63) is 35.9 Å². The molecule has 1 fully saturated rings. The molecule has 1 aromatic heterocycles. The number of amides is 1. The summed E-state index contributed by atoms with van der Waals surface area (Å²) in [6, 6.07) is 9.92. The molecular formula is C15H17N3O. The Kier molecular flexibility index (Phi) is 2.85. The highest BCUT2D eigenvalue weighted by Gasteiger charge is 2.29. The Balaban J connectivity index is 1.91. The zero-order chi connectivity index (χ0) is 13.4. The molecule has 19 heavy (non-hydrogen) atoms. The highest BCUT2D eigenvalue weighted by atomic mass is 16.2. The van der Waals surface area contributed by atoms with Gasteiger partial charge in [-0.1, -0.05) is 18.2 Å². The Morgan fingerprint density at radius 3 is 2.89 bits per heavy atom. The molecule has 0 spiro atoms. The minimum absolute atomic E-state index is 0.141. The van der Waals surface area contributed by atoms with Crippen molar-refractivity contribution in [2.45, 2.75) is 19.4 Å². The fourth-order valence-electron chi connectivity index (χ4n) is 2.56. The number of likely N-dealkylation sites (tertiary alicyclic amines) is 1. The average Bonchev–Trinajstić information content (AvgIpc) is 2.71. The summed E-state index contributed by atoms with van der Waals surface area (Å²) in [6.45, 7) is 2.88. The van der Waals surface area contributed by atoms with Crippen molar-refractivity contribution in [1.82, 2.24) is 9.88 Å². The molecule has 0 saturated carbocycles. The van der Waals surface area contributed by atoms with Crippen LogP contribution in [0.2, 0.25) is 0 Å². The van der Waals surface area contributed by atoms with Crippen LogP contribution in [0.3, 0.4) is 0 Å². The Morgan fingerprint density at radius 2 is 2.16 bits per heavy atom. The van der Waals surface area contributed by atoms with Crippen LogP contribution in [0.25, 0.3) is 10.9 Å². The summed E-state index contributed by atoms with van der Waals surface area (Å²) in [6.07, 6.45) is 0.836. The molecule has 1 aromatic carbocycles. The predicted molar refractivity (Wildman–Crippen MR) is 76.1 cm³/mol. The zero-order valence-electron chi connectivity index (χ0n) is 11.2. The van der Waals surface area contributed by atoms with Gasteiger partial charge in [-0.15, -0.1) is 0 Å². The molecule has 98 valence electrons. The third-order valence-electron chi connectivity index (χ3n) is 3.67. The predicted octanol–water partition coefficient (Wildman–Crippen LogP) is 2.19. The summed E-state index contributed by atoms with van der Waals surface area (Å²) in [4.78, 5) is 18.2. The quantitative estimate of drug-likeness (QED) is 0.894. The molecule has 2 heterocycles. The molecule has 4 nitrogen and oxygen atoms in total. The molecule has 1 atom stereocenters. The molecule has 0 bridgehead atoms. The number of hydrogen-bond acceptors (Lipinski definition) is 3. The lowest BCUT2D eigenvalue weighted by Crippen LogP contribution is -2.31. The van der Waals surface area contributed by atoms with Crippen molar-refractivity contribution in [2.24, 2.45) is 0 Å². The third-order valence-corrected chi connectivity index (χ3v) is 3.67. The molecule has 1 aliphatic rings. The first-order valence-electron chi connectivity index (χ1n) is 6.53. The van der Waals surface area contributed by atoms with Gasteiger partial charge >= 0.3 is 0 Å². The number of pyridine rings is 1. The molecule has 1 unspecified atom stereocenters. The number of anilines is 1. The van der Waals surface area contributed by atoms with Crippen LogP contribution >= 0.6 is 0 Å². The van der Waals surface area contributed by atoms with Gasteiger partial charge in [0.15, 0.2) is 0 Å². The minimum Gasteiger partial charge on any atom is -0.358 e. The van der Waals surface area contributed by atoms with E-state index in [2.05, 4.69) is 23.3 Å². The van der Waals surface area contributed by atoms with E-state index in [1.165, 1.54) is 5.56 Å². The Bertz CT molecular complexity index is 638. The van der Waals surface area contributed by atoms with Crippen molar-refractivity contribution >= 4 is 22.6 Å². The van der Waals surface area contributed by atoms with E-state index in [1.54, 1.807) is 4.90 Å². The van der Waals surface area contributed by atoms with E-state index in [-0.39, 0.29) is 11.9 Å². The van der Waals surface area contributed by atoms with E-state index in [0.29, 0.717) is 0 Å². The van der Waals surface area contributed by atoms with E-state index in [9.17, 15) is 4.79 Å². The third kappa shape index (κ3) is 2.14. The second kappa shape index (κ2) is 4.53. The number of likely N-dealkylation sites (N-methyl/N-ethyl adjacent to an activating group) is 1. The lowest BCUT2D eigenvalue weighted by molar-refractivity contribution is -0.127. The van der Waals surface area contributed by atoms with E-state index in [1.807, 2.05) is 31.3 Å². The monoisotopic (exact) mass is 255 g/mol. The Hall–Kier alpha value is -2.10. The summed E-state index contributed by atoms with van der Waals surface area (Å²) in [5.41, 5.74) is 2.13. The smallest absolute Gasteiger partial charge is 0.244 e. The van der Waals surface area contributed by atoms with Crippen LogP contribution in [-0.4, -0.2) is 35.4 Å². The molecule has 1 aliphatic heterocycles. The fraction of sp³-hybridized carbons (Fsp3) is 0.333. The van der Waals surface area contributed by atoms with Crippen LogP contribution in [0.15, 0.2) is 30.3 Å². The maximum atomic E-state index is 11.9. The number of aryl methyl sites for hydroxylation is 1. The SMILES string of the molecule is Cc1cc(NC2CCN(C)C2=O)nc2ccccc12. The van der Waals surface area contributed by atoms with Crippen LogP contribution in [0.5, 0.6) is 0 Å². The normalized spacial score (nSPS) is 19.2. The Labute approximate surface area is 112 Å². The van der Waals surface area contributed by atoms with Gasteiger partial charge in [0.1, 0.15) is 11.9 Å². The van der Waals surface area contributed by atoms with Gasteiger partial charge in [-0.05, 0) is 31.0 Å². The first kappa shape index (κ1) is 12.0. The second-order valence-electron chi connectivity index (χ2n) is 5.09.